The van der Waals surface area contributed by atoms with Gasteiger partial charge in [-0.05, 0) is 198 Å². The first kappa shape index (κ1) is 126. The van der Waals surface area contributed by atoms with Gasteiger partial charge in [-0.15, -0.1) is 0 Å². The van der Waals surface area contributed by atoms with Gasteiger partial charge in [0.25, 0.3) is 17.1 Å². The zero-order valence-corrected chi connectivity index (χ0v) is 86.5. The van der Waals surface area contributed by atoms with Gasteiger partial charge in [0.1, 0.15) is 67.1 Å². The van der Waals surface area contributed by atoms with Crippen LogP contribution in [0.1, 0.15) is 166 Å². The van der Waals surface area contributed by atoms with E-state index in [1.807, 2.05) is 94.4 Å². The first-order valence-electron chi connectivity index (χ1n) is 42.2. The van der Waals surface area contributed by atoms with E-state index in [1.54, 1.807) is 107 Å². The van der Waals surface area contributed by atoms with Gasteiger partial charge in [-0.25, -0.2) is 4.39 Å². The van der Waals surface area contributed by atoms with Crippen LogP contribution in [0, 0.1) is 69.8 Å². The average molecular weight is 2190 g/mol. The summed E-state index contributed by atoms with van der Waals surface area (Å²) in [5, 5.41) is 30.5. The zero-order chi connectivity index (χ0) is 109. The molecule has 0 saturated carbocycles. The predicted molar refractivity (Wildman–Crippen MR) is 555 cm³/mol. The van der Waals surface area contributed by atoms with Crippen molar-refractivity contribution in [1.82, 2.24) is 0 Å². The lowest BCUT2D eigenvalue weighted by Gasteiger charge is -2.14. The van der Waals surface area contributed by atoms with E-state index in [2.05, 4.69) is 53.9 Å². The molecule has 0 fully saturated rings. The fourth-order valence-corrected chi connectivity index (χ4v) is 12.6. The molecule has 12 aromatic carbocycles. The molecule has 0 amide bonds. The van der Waals surface area contributed by atoms with E-state index in [-0.39, 0.29) is 34.1 Å². The quantitative estimate of drug-likeness (QED) is 0.0190. The molecule has 0 bridgehead atoms. The molecule has 34 nitrogen and oxygen atoms in total. The van der Waals surface area contributed by atoms with Crippen LogP contribution in [-0.2, 0) is 4.79 Å². The smallest absolute Gasteiger partial charge is 0.279 e. The maximum Gasteiger partial charge on any atom is 0.279 e. The number of methoxy groups -OCH3 is 12. The van der Waals surface area contributed by atoms with Gasteiger partial charge in [0.15, 0.2) is 83.7 Å². The van der Waals surface area contributed by atoms with Crippen LogP contribution in [-0.4, -0.2) is 182 Å². The number of carbonyl (C=O) groups is 13. The summed E-state index contributed by atoms with van der Waals surface area (Å²) in [4.78, 5) is 163. The van der Waals surface area contributed by atoms with E-state index < -0.39 is 20.6 Å². The maximum absolute atomic E-state index is 12.7. The molecule has 1 aliphatic rings. The predicted octanol–water partition coefficient (Wildman–Crippen LogP) is 23.0. The van der Waals surface area contributed by atoms with Gasteiger partial charge < -0.3 is 61.6 Å². The van der Waals surface area contributed by atoms with Crippen LogP contribution in [0.15, 0.2) is 250 Å². The van der Waals surface area contributed by atoms with Crippen molar-refractivity contribution in [2.45, 2.75) is 47.0 Å². The Morgan fingerprint density at radius 3 is 1.18 bits per heavy atom. The van der Waals surface area contributed by atoms with Gasteiger partial charge in [-0.3, -0.25) is 87.9 Å². The molecule has 0 N–H and O–H groups in total. The van der Waals surface area contributed by atoms with Crippen LogP contribution in [0.25, 0.3) is 0 Å². The van der Waals surface area contributed by atoms with Crippen LogP contribution < -0.4 is 56.8 Å². The van der Waals surface area contributed by atoms with Crippen molar-refractivity contribution in [2.75, 3.05) is 85.3 Å². The largest absolute Gasteiger partial charge is 0.497 e. The summed E-state index contributed by atoms with van der Waals surface area (Å²) in [5.41, 5.74) is 9.50. The highest BCUT2D eigenvalue weighted by molar-refractivity contribution is 9.11. The van der Waals surface area contributed by atoms with Gasteiger partial charge in [0.2, 0.25) is 5.75 Å². The molecular formula is C107H107Br3FN3O31. The molecule has 38 heteroatoms. The number of carbonyl (C=O) groups excluding carboxylic acids is 13. The highest BCUT2D eigenvalue weighted by atomic mass is 79.9. The van der Waals surface area contributed by atoms with Crippen LogP contribution in [0.2, 0.25) is 0 Å². The molecule has 0 aromatic heterocycles. The van der Waals surface area contributed by atoms with E-state index in [1.165, 1.54) is 148 Å². The number of halogens is 4. The number of benzene rings is 12. The number of aryl methyl sites for hydroxylation is 4. The number of nitrogens with zero attached hydrogens (tertiary/aromatic N) is 3. The number of nitro groups is 3. The van der Waals surface area contributed by atoms with E-state index in [0.717, 1.165) is 107 Å². The van der Waals surface area contributed by atoms with Gasteiger partial charge in [-0.1, -0.05) is 119 Å². The van der Waals surface area contributed by atoms with Gasteiger partial charge in [0, 0.05) is 94.7 Å². The minimum atomic E-state index is -0.580. The Balaban J connectivity index is 0.000000787. The minimum absolute atomic E-state index is 0.00407. The summed E-state index contributed by atoms with van der Waals surface area (Å²) in [6, 6.07) is 60.1. The van der Waals surface area contributed by atoms with Crippen LogP contribution in [0.4, 0.5) is 21.5 Å². The summed E-state index contributed by atoms with van der Waals surface area (Å²) >= 11 is 9.75. The Kier molecular flexibility index (Phi) is 63.1. The molecule has 0 heterocycles. The standard InChI is InChI=1S/C10H11BrO4.C10H12O3.C9H9BrO3.C9H10O3.C9H10O2.C8H7BrO2.C8H7FO2.2C8H8O.3C7H5NO3.C7H10O/c1-13-8-4-7(11)6(5-12)9(14-2)10(8)15-3;1-7-4-9(12-2)10(13-3)5-8(7)6-11;1-12-8-3-6(5-11)7(10)4-9(8)13-2;1-11-8-5-3-4-7(6-10)9(8)12-2;1-7-3-4-8(6-10)5-9(7)11-2;1-11-8-3-2-7(9)4-6(8)5-10;1-11-7-3-2-6(5-10)8(9)4-7;2*1-7-4-2-3-5-8(7)6-9;9-5-6-1-3-7(4-2-6)8(10)11;9-5-6-2-1-3-7(4-6)8(10)11;9-5-6-3-1-2-4-7(6)8(10)11;8-6-7-4-2-1-3-5-7/h4-5H,1-3H3;4-6H,1-3H3;3-5H,1-2H3;3-6H,1-2H3;3-6H,1-2H3;2*2-5H,1H3;2*2-6H,1H3;3*1-5H;2,4,6-7H,1,3,5H2. The van der Waals surface area contributed by atoms with Crippen LogP contribution >= 0.6 is 47.8 Å². The molecule has 1 unspecified atom stereocenters. The average Bonchev–Trinajstić information content (AvgIpc) is 0.801. The first-order valence-corrected chi connectivity index (χ1v) is 44.6. The Bertz CT molecular complexity index is 6160. The third kappa shape index (κ3) is 44.7. The van der Waals surface area contributed by atoms with Crippen molar-refractivity contribution < 1.29 is 138 Å². The SMILES string of the molecule is COc1cc(Br)c(C=O)c(OC)c1OC.COc1cc(Br)c(C=O)cc1OC.COc1cc(C)c(C=O)cc1OC.COc1cc(C=O)ccc1C.COc1ccc(Br)cc1C=O.COc1ccc(C=O)c(F)c1.COc1cccc(C=O)c1OC.Cc1ccccc1C=O.Cc1ccccc1C=O.O=CC1C=CCCC1.O=Cc1ccc([N+](=O)[O-])cc1.O=Cc1cccc([N+](=O)[O-])c1.O=Cc1ccccc1[N+](=O)[O-]. The third-order valence-corrected chi connectivity index (χ3v) is 20.9. The first-order chi connectivity index (χ1) is 69.6. The third-order valence-electron chi connectivity index (χ3n) is 19.1. The molecule has 764 valence electrons. The Hall–Kier alpha value is -16.7. The normalized spacial score (nSPS) is 10.3. The molecule has 0 spiro atoms. The number of non-ortho nitro benzene ring substituents is 2. The van der Waals surface area contributed by atoms with E-state index in [0.29, 0.717) is 148 Å². The summed E-state index contributed by atoms with van der Waals surface area (Å²) < 4.78 is 75.2. The summed E-state index contributed by atoms with van der Waals surface area (Å²) in [6.45, 7) is 7.63. The molecule has 0 radical (unpaired) electrons. The Morgan fingerprint density at radius 2 is 0.759 bits per heavy atom. The molecule has 13 rings (SSSR count). The highest BCUT2D eigenvalue weighted by Crippen LogP contribution is 2.43. The Labute approximate surface area is 861 Å². The molecule has 1 atom stereocenters. The number of ether oxygens (including phenoxy) is 12. The lowest BCUT2D eigenvalue weighted by Crippen LogP contribution is -2.00. The van der Waals surface area contributed by atoms with E-state index in [4.69, 9.17) is 56.8 Å². The summed E-state index contributed by atoms with van der Waals surface area (Å²) in [7, 11) is 18.3. The zero-order valence-electron chi connectivity index (χ0n) is 81.7. The second-order valence-corrected chi connectivity index (χ2v) is 30.8. The number of hydrogen-bond acceptors (Lipinski definition) is 31. The maximum atomic E-state index is 12.7. The Morgan fingerprint density at radius 1 is 0.303 bits per heavy atom. The molecule has 12 aromatic rings. The van der Waals surface area contributed by atoms with Crippen molar-refractivity contribution in [3.63, 3.8) is 0 Å². The minimum Gasteiger partial charge on any atom is -0.497 e. The van der Waals surface area contributed by atoms with Crippen molar-refractivity contribution in [3.8, 4) is 69.0 Å². The number of hydrogen-bond donors (Lipinski definition) is 0. The molecule has 0 saturated heterocycles. The highest BCUT2D eigenvalue weighted by Gasteiger charge is 2.20. The number of allylic oxidation sites excluding steroid dienone is 2. The van der Waals surface area contributed by atoms with E-state index in [9.17, 15) is 97.1 Å². The van der Waals surface area contributed by atoms with Crippen molar-refractivity contribution >= 4 is 147 Å². The molecule has 0 aliphatic heterocycles. The molecular weight excluding hydrogens is 2080 g/mol. The lowest BCUT2D eigenvalue weighted by atomic mass is 9.98. The van der Waals surface area contributed by atoms with Crippen LogP contribution in [0.3, 0.4) is 0 Å². The fraction of sp³-hybridized carbons (Fsp3) is 0.187. The lowest BCUT2D eigenvalue weighted by molar-refractivity contribution is -0.385. The summed E-state index contributed by atoms with van der Waals surface area (Å²) in [6.07, 6.45) is 17.0. The van der Waals surface area contributed by atoms with E-state index >= 15 is 0 Å². The number of rotatable bonds is 28. The topological polar surface area (TPSA) is 462 Å². The second-order valence-electron chi connectivity index (χ2n) is 28.2. The van der Waals surface area contributed by atoms with Gasteiger partial charge in [-0.2, -0.15) is 0 Å². The summed E-state index contributed by atoms with van der Waals surface area (Å²) in [5.74, 6) is 6.13. The van der Waals surface area contributed by atoms with Crippen molar-refractivity contribution in [3.05, 3.63) is 375 Å². The van der Waals surface area contributed by atoms with Gasteiger partial charge >= 0.3 is 0 Å². The second kappa shape index (κ2) is 72.5. The molecule has 145 heavy (non-hydrogen) atoms. The number of nitro benzene ring substituents is 3. The number of aldehydes is 13. The fourth-order valence-electron chi connectivity index (χ4n) is 11.3. The molecule has 1 aliphatic carbocycles. The van der Waals surface area contributed by atoms with Crippen molar-refractivity contribution in [2.24, 2.45) is 5.92 Å². The van der Waals surface area contributed by atoms with Crippen LogP contribution in [0.5, 0.6) is 69.0 Å². The van der Waals surface area contributed by atoms with Gasteiger partial charge in [0.05, 0.1) is 128 Å². The monoisotopic (exact) mass is 2190 g/mol. The number of para-hydroxylation sites is 2. The van der Waals surface area contributed by atoms with Crippen molar-refractivity contribution in [1.29, 1.82) is 0 Å².